The molecule has 2 fully saturated rings. The summed E-state index contributed by atoms with van der Waals surface area (Å²) in [4.78, 5) is 13.7. The smallest absolute Gasteiger partial charge is 0.248 e. The molecular formula is C27H33BrN4O4. The van der Waals surface area contributed by atoms with Crippen LogP contribution in [0.25, 0.3) is 10.9 Å². The Morgan fingerprint density at radius 1 is 1.19 bits per heavy atom. The second-order valence-electron chi connectivity index (χ2n) is 10.1. The first kappa shape index (κ1) is 25.0. The molecule has 3 aromatic rings. The lowest BCUT2D eigenvalue weighted by Crippen LogP contribution is -2.30. The van der Waals surface area contributed by atoms with Crippen LogP contribution in [0.2, 0.25) is 0 Å². The van der Waals surface area contributed by atoms with Crippen LogP contribution in [0.5, 0.6) is 5.75 Å². The third-order valence-corrected chi connectivity index (χ3v) is 8.32. The zero-order valence-electron chi connectivity index (χ0n) is 20.2. The SMILES string of the molecule is NC(=O)c1cccc(OCC(O)[C@@H]2CCN(c3cc4nn(C5CCC(CO)CC5)cc4cc3Br)C2)c1. The predicted octanol–water partition coefficient (Wildman–Crippen LogP) is 3.89. The Bertz CT molecular complexity index is 1220. The molecule has 2 aromatic carbocycles. The molecule has 2 atom stereocenters. The van der Waals surface area contributed by atoms with Crippen molar-refractivity contribution in [2.24, 2.45) is 17.6 Å². The van der Waals surface area contributed by atoms with Gasteiger partial charge in [-0.2, -0.15) is 5.10 Å². The van der Waals surface area contributed by atoms with Gasteiger partial charge in [0.25, 0.3) is 0 Å². The molecule has 5 rings (SSSR count). The van der Waals surface area contributed by atoms with Crippen molar-refractivity contribution < 1.29 is 19.7 Å². The van der Waals surface area contributed by atoms with Gasteiger partial charge in [0.05, 0.1) is 23.3 Å². The van der Waals surface area contributed by atoms with Gasteiger partial charge in [0.2, 0.25) is 5.91 Å². The number of ether oxygens (including phenoxy) is 1. The molecule has 36 heavy (non-hydrogen) atoms. The number of nitrogens with two attached hydrogens (primary N) is 1. The Morgan fingerprint density at radius 3 is 2.75 bits per heavy atom. The summed E-state index contributed by atoms with van der Waals surface area (Å²) in [5.74, 6) is 0.519. The van der Waals surface area contributed by atoms with Crippen LogP contribution in [0.3, 0.4) is 0 Å². The average Bonchev–Trinajstić information content (AvgIpc) is 3.54. The standard InChI is InChI=1S/C27H33BrN4O4/c28-23-11-20-14-32(21-6-4-17(15-33)5-7-21)30-24(20)12-25(23)31-9-8-19(13-31)26(34)16-36-22-3-1-2-18(10-22)27(29)35/h1-3,10-12,14,17,19,21,26,33-34H,4-9,13,15-16H2,(H2,29,35)/t17?,19-,21?,26?/m1/s1. The molecule has 8 nitrogen and oxygen atoms in total. The van der Waals surface area contributed by atoms with Gasteiger partial charge in [-0.25, -0.2) is 0 Å². The number of carbonyl (C=O) groups is 1. The maximum atomic E-state index is 11.4. The fourth-order valence-corrected chi connectivity index (χ4v) is 6.06. The van der Waals surface area contributed by atoms with E-state index in [9.17, 15) is 15.0 Å². The van der Waals surface area contributed by atoms with Gasteiger partial charge in [-0.05, 0) is 84.3 Å². The summed E-state index contributed by atoms with van der Waals surface area (Å²) in [6.45, 7) is 2.00. The highest BCUT2D eigenvalue weighted by Crippen LogP contribution is 2.37. The van der Waals surface area contributed by atoms with Crippen molar-refractivity contribution in [3.63, 3.8) is 0 Å². The second-order valence-corrected chi connectivity index (χ2v) is 10.9. The van der Waals surface area contributed by atoms with Gasteiger partial charge in [-0.3, -0.25) is 9.48 Å². The molecule has 192 valence electrons. The Balaban J connectivity index is 1.22. The minimum absolute atomic E-state index is 0.0752. The first-order valence-electron chi connectivity index (χ1n) is 12.7. The third kappa shape index (κ3) is 5.38. The number of hydrogen-bond acceptors (Lipinski definition) is 6. The van der Waals surface area contributed by atoms with Crippen molar-refractivity contribution in [2.75, 3.05) is 31.2 Å². The molecule has 4 N–H and O–H groups in total. The molecule has 0 radical (unpaired) electrons. The topological polar surface area (TPSA) is 114 Å². The first-order chi connectivity index (χ1) is 17.4. The minimum Gasteiger partial charge on any atom is -0.491 e. The summed E-state index contributed by atoms with van der Waals surface area (Å²) in [5.41, 5.74) is 7.78. The molecule has 0 spiro atoms. The van der Waals surface area contributed by atoms with Crippen molar-refractivity contribution >= 4 is 38.4 Å². The zero-order valence-corrected chi connectivity index (χ0v) is 21.8. The van der Waals surface area contributed by atoms with Gasteiger partial charge in [-0.1, -0.05) is 6.07 Å². The monoisotopic (exact) mass is 556 g/mol. The van der Waals surface area contributed by atoms with E-state index < -0.39 is 12.0 Å². The van der Waals surface area contributed by atoms with Gasteiger partial charge in [0.1, 0.15) is 12.4 Å². The van der Waals surface area contributed by atoms with E-state index in [1.54, 1.807) is 24.3 Å². The Hall–Kier alpha value is -2.62. The summed E-state index contributed by atoms with van der Waals surface area (Å²) < 4.78 is 8.88. The van der Waals surface area contributed by atoms with Gasteiger partial charge < -0.3 is 25.6 Å². The van der Waals surface area contributed by atoms with E-state index in [-0.39, 0.29) is 19.1 Å². The molecule has 9 heteroatoms. The number of anilines is 1. The third-order valence-electron chi connectivity index (χ3n) is 7.69. The second kappa shape index (κ2) is 10.8. The van der Waals surface area contributed by atoms with E-state index in [0.717, 1.165) is 66.3 Å². The number of halogens is 1. The Labute approximate surface area is 219 Å². The van der Waals surface area contributed by atoms with Crippen LogP contribution in [0, 0.1) is 11.8 Å². The van der Waals surface area contributed by atoms with Gasteiger partial charge in [0.15, 0.2) is 0 Å². The number of benzene rings is 2. The number of fused-ring (bicyclic) bond motifs is 1. The summed E-state index contributed by atoms with van der Waals surface area (Å²) >= 11 is 3.76. The number of aliphatic hydroxyl groups excluding tert-OH is 2. The number of aliphatic hydroxyl groups is 2. The van der Waals surface area contributed by atoms with Crippen LogP contribution in [-0.2, 0) is 0 Å². The van der Waals surface area contributed by atoms with Crippen molar-refractivity contribution in [3.05, 3.63) is 52.6 Å². The average molecular weight is 557 g/mol. The molecular weight excluding hydrogens is 524 g/mol. The Kier molecular flexibility index (Phi) is 7.50. The molecule has 1 aliphatic heterocycles. The molecule has 0 bridgehead atoms. The minimum atomic E-state index is -0.622. The number of primary amides is 1. The van der Waals surface area contributed by atoms with E-state index in [1.807, 2.05) is 0 Å². The number of rotatable bonds is 8. The lowest BCUT2D eigenvalue weighted by molar-refractivity contribution is 0.0646. The molecule has 2 heterocycles. The lowest BCUT2D eigenvalue weighted by Gasteiger charge is -2.27. The fraction of sp³-hybridized carbons (Fsp3) is 0.481. The van der Waals surface area contributed by atoms with Crippen molar-refractivity contribution in [1.82, 2.24) is 9.78 Å². The van der Waals surface area contributed by atoms with Crippen LogP contribution in [0.1, 0.15) is 48.5 Å². The maximum Gasteiger partial charge on any atom is 0.248 e. The number of nitrogens with zero attached hydrogens (tertiary/aromatic N) is 3. The van der Waals surface area contributed by atoms with Crippen LogP contribution >= 0.6 is 15.9 Å². The summed E-state index contributed by atoms with van der Waals surface area (Å²) in [6, 6.07) is 11.4. The van der Waals surface area contributed by atoms with E-state index >= 15 is 0 Å². The predicted molar refractivity (Wildman–Crippen MR) is 142 cm³/mol. The molecule has 1 saturated heterocycles. The van der Waals surface area contributed by atoms with Crippen LogP contribution in [-0.4, -0.2) is 58.3 Å². The molecule has 1 aliphatic carbocycles. The molecule has 1 saturated carbocycles. The number of carbonyl (C=O) groups excluding carboxylic acids is 1. The van der Waals surface area contributed by atoms with Crippen molar-refractivity contribution in [2.45, 2.75) is 44.2 Å². The normalized spacial score (nSPS) is 23.2. The van der Waals surface area contributed by atoms with Crippen LogP contribution in [0.4, 0.5) is 5.69 Å². The van der Waals surface area contributed by atoms with Gasteiger partial charge in [0, 0.05) is 47.2 Å². The highest BCUT2D eigenvalue weighted by Gasteiger charge is 2.30. The lowest BCUT2D eigenvalue weighted by atomic mass is 9.87. The molecule has 1 unspecified atom stereocenters. The summed E-state index contributed by atoms with van der Waals surface area (Å²) in [5, 5.41) is 26.2. The van der Waals surface area contributed by atoms with Crippen LogP contribution in [0.15, 0.2) is 47.1 Å². The van der Waals surface area contributed by atoms with E-state index in [0.29, 0.717) is 23.3 Å². The number of aromatic nitrogens is 2. The molecule has 1 aromatic heterocycles. The van der Waals surface area contributed by atoms with Gasteiger partial charge in [-0.15, -0.1) is 0 Å². The van der Waals surface area contributed by atoms with E-state index in [2.05, 4.69) is 43.8 Å². The Morgan fingerprint density at radius 2 is 2.00 bits per heavy atom. The molecule has 2 aliphatic rings. The largest absolute Gasteiger partial charge is 0.491 e. The fourth-order valence-electron chi connectivity index (χ4n) is 5.45. The van der Waals surface area contributed by atoms with Gasteiger partial charge >= 0.3 is 0 Å². The maximum absolute atomic E-state index is 11.4. The highest BCUT2D eigenvalue weighted by molar-refractivity contribution is 9.10. The van der Waals surface area contributed by atoms with E-state index in [4.69, 9.17) is 15.6 Å². The number of hydrogen-bond donors (Lipinski definition) is 3. The quantitative estimate of drug-likeness (QED) is 0.388. The highest BCUT2D eigenvalue weighted by atomic mass is 79.9. The van der Waals surface area contributed by atoms with E-state index in [1.165, 1.54) is 0 Å². The summed E-state index contributed by atoms with van der Waals surface area (Å²) in [6.07, 6.45) is 6.56. The van der Waals surface area contributed by atoms with Crippen molar-refractivity contribution in [1.29, 1.82) is 0 Å². The first-order valence-corrected chi connectivity index (χ1v) is 13.5. The van der Waals surface area contributed by atoms with Crippen LogP contribution < -0.4 is 15.4 Å². The zero-order chi connectivity index (χ0) is 25.2. The summed E-state index contributed by atoms with van der Waals surface area (Å²) in [7, 11) is 0. The molecule has 1 amide bonds. The number of amides is 1. The van der Waals surface area contributed by atoms with Crippen molar-refractivity contribution in [3.8, 4) is 5.75 Å².